The van der Waals surface area contributed by atoms with Gasteiger partial charge in [-0.2, -0.15) is 0 Å². The van der Waals surface area contributed by atoms with Gasteiger partial charge in [-0.25, -0.2) is 9.18 Å². The second-order valence-electron chi connectivity index (χ2n) is 9.58. The third-order valence-electron chi connectivity index (χ3n) is 7.51. The highest BCUT2D eigenvalue weighted by atomic mass is 35.5. The Bertz CT molecular complexity index is 1360. The van der Waals surface area contributed by atoms with E-state index in [4.69, 9.17) is 21.4 Å². The zero-order chi connectivity index (χ0) is 27.1. The van der Waals surface area contributed by atoms with Crippen molar-refractivity contribution in [2.45, 2.75) is 42.8 Å². The summed E-state index contributed by atoms with van der Waals surface area (Å²) in [7, 11) is 0. The van der Waals surface area contributed by atoms with E-state index in [0.29, 0.717) is 27.3 Å². The minimum atomic E-state index is -1.93. The predicted octanol–water partition coefficient (Wildman–Crippen LogP) is 2.79. The van der Waals surface area contributed by atoms with Crippen LogP contribution in [0.25, 0.3) is 0 Å². The molecule has 2 aliphatic rings. The van der Waals surface area contributed by atoms with E-state index >= 15 is 0 Å². The van der Waals surface area contributed by atoms with Gasteiger partial charge in [-0.15, -0.1) is 0 Å². The van der Waals surface area contributed by atoms with Crippen molar-refractivity contribution in [3.63, 3.8) is 0 Å². The molecule has 1 aliphatic carbocycles. The second-order valence-corrected chi connectivity index (χ2v) is 10.0. The van der Waals surface area contributed by atoms with Gasteiger partial charge in [0.05, 0.1) is 25.9 Å². The smallest absolute Gasteiger partial charge is 0.315 e. The van der Waals surface area contributed by atoms with Gasteiger partial charge in [-0.05, 0) is 59.0 Å². The lowest BCUT2D eigenvalue weighted by Gasteiger charge is -2.42. The number of rotatable bonds is 7. The third kappa shape index (κ3) is 4.02. The van der Waals surface area contributed by atoms with Gasteiger partial charge in [0.2, 0.25) is 0 Å². The molecule has 1 heterocycles. The normalized spacial score (nSPS) is 25.4. The van der Waals surface area contributed by atoms with Gasteiger partial charge in [0, 0.05) is 23.0 Å². The Morgan fingerprint density at radius 1 is 1.08 bits per heavy atom. The number of hydrogen-bond donors (Lipinski definition) is 6. The first-order valence-electron chi connectivity index (χ1n) is 12.2. The summed E-state index contributed by atoms with van der Waals surface area (Å²) in [5.74, 6) is -0.894. The van der Waals surface area contributed by atoms with Crippen molar-refractivity contribution in [2.75, 3.05) is 13.2 Å². The topological polar surface area (TPSA) is 131 Å². The van der Waals surface area contributed by atoms with Crippen LogP contribution in [0.4, 0.5) is 9.18 Å². The van der Waals surface area contributed by atoms with Gasteiger partial charge in [0.1, 0.15) is 11.6 Å². The Labute approximate surface area is 223 Å². The van der Waals surface area contributed by atoms with Crippen molar-refractivity contribution >= 4 is 17.6 Å². The van der Waals surface area contributed by atoms with Crippen molar-refractivity contribution in [1.29, 1.82) is 0 Å². The molecule has 1 saturated carbocycles. The molecule has 3 aromatic carbocycles. The first-order chi connectivity index (χ1) is 18.3. The maximum atomic E-state index is 14.5. The van der Waals surface area contributed by atoms with Crippen molar-refractivity contribution in [1.82, 2.24) is 10.6 Å². The minimum absolute atomic E-state index is 0.00146. The van der Waals surface area contributed by atoms with Gasteiger partial charge in [-0.1, -0.05) is 41.9 Å². The Kier molecular flexibility index (Phi) is 7.06. The molecular weight excluding hydrogens is 515 g/mol. The lowest BCUT2D eigenvalue weighted by Crippen LogP contribution is -2.58. The van der Waals surface area contributed by atoms with Gasteiger partial charge >= 0.3 is 6.03 Å². The molecule has 0 unspecified atom stereocenters. The summed E-state index contributed by atoms with van der Waals surface area (Å²) in [6, 6.07) is 14.3. The average Bonchev–Trinajstić information content (AvgIpc) is 3.32. The molecule has 38 heavy (non-hydrogen) atoms. The van der Waals surface area contributed by atoms with E-state index in [1.165, 1.54) is 12.1 Å². The van der Waals surface area contributed by atoms with Crippen LogP contribution in [0.1, 0.15) is 40.2 Å². The SMILES string of the molecule is O=C(NCCO)N[C@H]1C[C@@H](c2cccc(F)c2)[C@]2(c3ccc(Cl)cc3)Oc3cc(CO)cc(CO)c3[C@]12O. The number of aliphatic hydroxyl groups excluding tert-OH is 3. The van der Waals surface area contributed by atoms with Gasteiger partial charge < -0.3 is 35.8 Å². The van der Waals surface area contributed by atoms with Gasteiger partial charge in [-0.3, -0.25) is 0 Å². The van der Waals surface area contributed by atoms with E-state index < -0.39 is 41.6 Å². The maximum Gasteiger partial charge on any atom is 0.315 e. The Morgan fingerprint density at radius 2 is 1.84 bits per heavy atom. The molecule has 0 bridgehead atoms. The number of nitrogens with one attached hydrogen (secondary N) is 2. The lowest BCUT2D eigenvalue weighted by atomic mass is 9.70. The Morgan fingerprint density at radius 3 is 2.50 bits per heavy atom. The predicted molar refractivity (Wildman–Crippen MR) is 137 cm³/mol. The van der Waals surface area contributed by atoms with Crippen LogP contribution in [0.2, 0.25) is 5.02 Å². The van der Waals surface area contributed by atoms with Crippen molar-refractivity contribution < 1.29 is 34.3 Å². The summed E-state index contributed by atoms with van der Waals surface area (Å²) in [5.41, 5.74) is -1.36. The van der Waals surface area contributed by atoms with Gasteiger partial charge in [0.15, 0.2) is 11.2 Å². The van der Waals surface area contributed by atoms with Crippen LogP contribution in [0, 0.1) is 5.82 Å². The lowest BCUT2D eigenvalue weighted by molar-refractivity contribution is -0.116. The number of amides is 2. The van der Waals surface area contributed by atoms with Crippen LogP contribution in [0.3, 0.4) is 0 Å². The molecule has 4 atom stereocenters. The molecule has 5 rings (SSSR count). The van der Waals surface area contributed by atoms with Crippen LogP contribution in [-0.2, 0) is 24.4 Å². The highest BCUT2D eigenvalue weighted by Gasteiger charge is 2.73. The van der Waals surface area contributed by atoms with E-state index in [-0.39, 0.29) is 37.5 Å². The van der Waals surface area contributed by atoms with Crippen LogP contribution >= 0.6 is 11.6 Å². The summed E-state index contributed by atoms with van der Waals surface area (Å²) in [6.45, 7) is -1.06. The third-order valence-corrected chi connectivity index (χ3v) is 7.76. The molecule has 3 aromatic rings. The minimum Gasteiger partial charge on any atom is -0.478 e. The fraction of sp³-hybridized carbons (Fsp3) is 0.321. The molecule has 0 spiro atoms. The van der Waals surface area contributed by atoms with Crippen LogP contribution in [0.5, 0.6) is 5.75 Å². The molecule has 1 aliphatic heterocycles. The highest BCUT2D eigenvalue weighted by molar-refractivity contribution is 6.30. The summed E-state index contributed by atoms with van der Waals surface area (Å²) < 4.78 is 21.2. The number of ether oxygens (including phenoxy) is 1. The first kappa shape index (κ1) is 26.4. The van der Waals surface area contributed by atoms with Crippen molar-refractivity contribution in [3.05, 3.63) is 99.3 Å². The number of halogens is 2. The molecule has 6 N–H and O–H groups in total. The van der Waals surface area contributed by atoms with Crippen LogP contribution in [0.15, 0.2) is 60.7 Å². The fourth-order valence-electron chi connectivity index (χ4n) is 6.06. The van der Waals surface area contributed by atoms with E-state index in [9.17, 15) is 24.5 Å². The number of fused-ring (bicyclic) bond motifs is 3. The molecule has 10 heteroatoms. The molecular formula is C28H28ClFN2O6. The molecule has 8 nitrogen and oxygen atoms in total. The number of carbonyl (C=O) groups excluding carboxylic acids is 1. The highest BCUT2D eigenvalue weighted by Crippen LogP contribution is 2.67. The van der Waals surface area contributed by atoms with Gasteiger partial charge in [0.25, 0.3) is 0 Å². The Hall–Kier alpha value is -3.21. The number of carbonyl (C=O) groups is 1. The number of urea groups is 1. The number of aliphatic hydroxyl groups is 4. The maximum absolute atomic E-state index is 14.5. The molecule has 0 aromatic heterocycles. The quantitative estimate of drug-likeness (QED) is 0.272. The summed E-state index contributed by atoms with van der Waals surface area (Å²) >= 11 is 6.19. The molecule has 200 valence electrons. The first-order valence-corrected chi connectivity index (χ1v) is 12.6. The van der Waals surface area contributed by atoms with Crippen LogP contribution in [-0.4, -0.2) is 45.7 Å². The fourth-order valence-corrected chi connectivity index (χ4v) is 6.18. The summed E-state index contributed by atoms with van der Waals surface area (Å²) in [5, 5.41) is 48.0. The standard InChI is InChI=1S/C28H28ClFN2O6/c29-20-6-4-19(5-7-20)28-22(17-2-1-3-21(30)12-17)13-24(32-26(36)31-8-9-33)27(28,37)25-18(15-35)10-16(14-34)11-23(25)38-28/h1-7,10-12,22,24,33-35,37H,8-9,13-15H2,(H2,31,32,36)/t22-,24-,27+,28-/m0/s1. The number of hydrogen-bond acceptors (Lipinski definition) is 6. The van der Waals surface area contributed by atoms with E-state index in [0.717, 1.165) is 0 Å². The monoisotopic (exact) mass is 542 g/mol. The molecule has 2 amide bonds. The second kappa shape index (κ2) is 10.2. The summed E-state index contributed by atoms with van der Waals surface area (Å²) in [6.07, 6.45) is 0.154. The molecule has 0 saturated heterocycles. The Balaban J connectivity index is 1.79. The summed E-state index contributed by atoms with van der Waals surface area (Å²) in [4.78, 5) is 12.8. The van der Waals surface area contributed by atoms with E-state index in [2.05, 4.69) is 10.6 Å². The van der Waals surface area contributed by atoms with Crippen molar-refractivity contribution in [3.8, 4) is 5.75 Å². The molecule has 1 fully saturated rings. The zero-order valence-corrected chi connectivity index (χ0v) is 21.1. The van der Waals surface area contributed by atoms with Crippen molar-refractivity contribution in [2.24, 2.45) is 0 Å². The van der Waals surface area contributed by atoms with E-state index in [1.54, 1.807) is 48.5 Å². The molecule has 0 radical (unpaired) electrons. The largest absolute Gasteiger partial charge is 0.478 e. The average molecular weight is 543 g/mol. The zero-order valence-electron chi connectivity index (χ0n) is 20.3. The van der Waals surface area contributed by atoms with E-state index in [1.807, 2.05) is 0 Å². The number of benzene rings is 3. The van der Waals surface area contributed by atoms with Crippen LogP contribution < -0.4 is 15.4 Å².